The van der Waals surface area contributed by atoms with Gasteiger partial charge in [0.2, 0.25) is 5.91 Å². The van der Waals surface area contributed by atoms with Crippen LogP contribution in [0.1, 0.15) is 18.4 Å². The molecule has 1 fully saturated rings. The molecule has 0 aromatic heterocycles. The number of carbonyl (C=O) groups is 1. The summed E-state index contributed by atoms with van der Waals surface area (Å²) in [6.45, 7) is 1.21. The van der Waals surface area contributed by atoms with Crippen LogP contribution in [0.25, 0.3) is 0 Å². The molecule has 1 aliphatic heterocycles. The van der Waals surface area contributed by atoms with E-state index < -0.39 is 0 Å². The molecule has 1 amide bonds. The molecule has 2 rings (SSSR count). The number of rotatable bonds is 3. The molecule has 0 radical (unpaired) electrons. The highest BCUT2D eigenvalue weighted by Gasteiger charge is 2.19. The Kier molecular flexibility index (Phi) is 3.61. The predicted molar refractivity (Wildman–Crippen MR) is 62.4 cm³/mol. The highest BCUT2D eigenvalue weighted by Crippen LogP contribution is 2.19. The van der Waals surface area contributed by atoms with Crippen LogP contribution in [-0.2, 0) is 4.79 Å². The van der Waals surface area contributed by atoms with Crippen LogP contribution in [0.4, 0.5) is 0 Å². The van der Waals surface area contributed by atoms with Crippen molar-refractivity contribution in [2.45, 2.75) is 12.8 Å². The summed E-state index contributed by atoms with van der Waals surface area (Å²) in [5.41, 5.74) is 0.535. The van der Waals surface area contributed by atoms with Gasteiger partial charge in [0.15, 0.2) is 0 Å². The number of hydrogen-bond donors (Lipinski definition) is 1. The maximum Gasteiger partial charge on any atom is 0.220 e. The van der Waals surface area contributed by atoms with Gasteiger partial charge in [-0.2, -0.15) is 5.26 Å². The number of nitriles is 1. The average molecular weight is 230 g/mol. The number of benzene rings is 1. The Morgan fingerprint density at radius 2 is 2.29 bits per heavy atom. The molecular weight excluding hydrogens is 216 g/mol. The van der Waals surface area contributed by atoms with E-state index in [1.165, 1.54) is 0 Å². The van der Waals surface area contributed by atoms with Crippen LogP contribution in [0.5, 0.6) is 5.75 Å². The fraction of sp³-hybridized carbons (Fsp3) is 0.385. The van der Waals surface area contributed by atoms with Crippen LogP contribution < -0.4 is 10.1 Å². The van der Waals surface area contributed by atoms with E-state index >= 15 is 0 Å². The van der Waals surface area contributed by atoms with E-state index in [-0.39, 0.29) is 11.8 Å². The largest absolute Gasteiger partial charge is 0.492 e. The molecule has 0 saturated carbocycles. The van der Waals surface area contributed by atoms with Gasteiger partial charge in [-0.25, -0.2) is 0 Å². The number of hydrogen-bond acceptors (Lipinski definition) is 3. The normalized spacial score (nSPS) is 19.2. The maximum atomic E-state index is 11.2. The fourth-order valence-corrected chi connectivity index (χ4v) is 1.89. The minimum absolute atomic E-state index is 0.0819. The van der Waals surface area contributed by atoms with Gasteiger partial charge in [0.25, 0.3) is 0 Å². The van der Waals surface area contributed by atoms with Crippen molar-refractivity contribution in [3.05, 3.63) is 29.8 Å². The third-order valence-electron chi connectivity index (χ3n) is 2.83. The van der Waals surface area contributed by atoms with Crippen molar-refractivity contribution in [1.29, 1.82) is 5.26 Å². The second-order valence-corrected chi connectivity index (χ2v) is 4.13. The molecule has 88 valence electrons. The number of para-hydroxylation sites is 1. The van der Waals surface area contributed by atoms with E-state index in [1.807, 2.05) is 6.07 Å². The molecule has 1 aliphatic rings. The smallest absolute Gasteiger partial charge is 0.220 e. The third kappa shape index (κ3) is 2.97. The minimum Gasteiger partial charge on any atom is -0.492 e. The number of amides is 1. The summed E-state index contributed by atoms with van der Waals surface area (Å²) in [6, 6.07) is 9.23. The molecule has 4 heteroatoms. The molecular formula is C13H14N2O2. The van der Waals surface area contributed by atoms with Crippen LogP contribution in [0, 0.1) is 17.2 Å². The lowest BCUT2D eigenvalue weighted by Gasteiger charge is -2.22. The number of nitrogens with one attached hydrogen (secondary N) is 1. The van der Waals surface area contributed by atoms with Crippen molar-refractivity contribution in [3.8, 4) is 11.8 Å². The second-order valence-electron chi connectivity index (χ2n) is 4.13. The molecule has 1 N–H and O–H groups in total. The highest BCUT2D eigenvalue weighted by atomic mass is 16.5. The first-order valence-corrected chi connectivity index (χ1v) is 5.68. The standard InChI is InChI=1S/C13H14N2O2/c14-8-11-3-1-2-4-12(11)17-9-10-5-6-15-13(16)7-10/h1-4,10H,5-7,9H2,(H,15,16). The van der Waals surface area contributed by atoms with Gasteiger partial charge in [-0.1, -0.05) is 12.1 Å². The molecule has 4 nitrogen and oxygen atoms in total. The van der Waals surface area contributed by atoms with Crippen molar-refractivity contribution in [3.63, 3.8) is 0 Å². The summed E-state index contributed by atoms with van der Waals surface area (Å²) in [7, 11) is 0. The van der Waals surface area contributed by atoms with Gasteiger partial charge in [0.05, 0.1) is 12.2 Å². The van der Waals surface area contributed by atoms with Crippen molar-refractivity contribution < 1.29 is 9.53 Å². The van der Waals surface area contributed by atoms with E-state index in [2.05, 4.69) is 11.4 Å². The van der Waals surface area contributed by atoms with Gasteiger partial charge in [0.1, 0.15) is 11.8 Å². The summed E-state index contributed by atoms with van der Waals surface area (Å²) in [5.74, 6) is 0.926. The fourth-order valence-electron chi connectivity index (χ4n) is 1.89. The summed E-state index contributed by atoms with van der Waals surface area (Å²) >= 11 is 0. The third-order valence-corrected chi connectivity index (χ3v) is 2.83. The van der Waals surface area contributed by atoms with Gasteiger partial charge in [0, 0.05) is 18.9 Å². The Balaban J connectivity index is 1.93. The molecule has 1 aromatic carbocycles. The van der Waals surface area contributed by atoms with Crippen LogP contribution in [0.15, 0.2) is 24.3 Å². The summed E-state index contributed by atoms with van der Waals surface area (Å²) in [4.78, 5) is 11.2. The van der Waals surface area contributed by atoms with Gasteiger partial charge in [-0.15, -0.1) is 0 Å². The van der Waals surface area contributed by atoms with Gasteiger partial charge in [-0.3, -0.25) is 4.79 Å². The Bertz CT molecular complexity index is 451. The lowest BCUT2D eigenvalue weighted by atomic mass is 9.99. The molecule has 0 aliphatic carbocycles. The SMILES string of the molecule is N#Cc1ccccc1OCC1CCNC(=O)C1. The number of piperidine rings is 1. The Labute approximate surface area is 100 Å². The first-order valence-electron chi connectivity index (χ1n) is 5.68. The molecule has 17 heavy (non-hydrogen) atoms. The minimum atomic E-state index is 0.0819. The van der Waals surface area contributed by atoms with Crippen molar-refractivity contribution in [2.75, 3.05) is 13.2 Å². The van der Waals surface area contributed by atoms with Gasteiger partial charge < -0.3 is 10.1 Å². The zero-order valence-electron chi connectivity index (χ0n) is 9.48. The van der Waals surface area contributed by atoms with Crippen molar-refractivity contribution in [2.24, 2.45) is 5.92 Å². The van der Waals surface area contributed by atoms with Crippen LogP contribution >= 0.6 is 0 Å². The van der Waals surface area contributed by atoms with E-state index in [0.717, 1.165) is 6.42 Å². The predicted octanol–water partition coefficient (Wildman–Crippen LogP) is 1.46. The van der Waals surface area contributed by atoms with Crippen molar-refractivity contribution in [1.82, 2.24) is 5.32 Å². The average Bonchev–Trinajstić information content (AvgIpc) is 2.37. The first kappa shape index (κ1) is 11.5. The Morgan fingerprint density at radius 1 is 1.47 bits per heavy atom. The topological polar surface area (TPSA) is 62.1 Å². The zero-order chi connectivity index (χ0) is 12.1. The Morgan fingerprint density at radius 3 is 3.06 bits per heavy atom. The van der Waals surface area contributed by atoms with Gasteiger partial charge >= 0.3 is 0 Å². The summed E-state index contributed by atoms with van der Waals surface area (Å²) in [5, 5.41) is 11.7. The molecule has 0 bridgehead atoms. The van der Waals surface area contributed by atoms with Crippen LogP contribution in [-0.4, -0.2) is 19.1 Å². The highest BCUT2D eigenvalue weighted by molar-refractivity contribution is 5.76. The van der Waals surface area contributed by atoms with Crippen LogP contribution in [0.3, 0.4) is 0 Å². The number of ether oxygens (including phenoxy) is 1. The lowest BCUT2D eigenvalue weighted by Crippen LogP contribution is -2.35. The van der Waals surface area contributed by atoms with E-state index in [4.69, 9.17) is 10.00 Å². The maximum absolute atomic E-state index is 11.2. The van der Waals surface area contributed by atoms with Crippen molar-refractivity contribution >= 4 is 5.91 Å². The Hall–Kier alpha value is -2.02. The van der Waals surface area contributed by atoms with E-state index in [9.17, 15) is 4.79 Å². The second kappa shape index (κ2) is 5.35. The summed E-state index contributed by atoms with van der Waals surface area (Å²) < 4.78 is 5.61. The molecule has 1 saturated heterocycles. The molecule has 1 aromatic rings. The molecule has 0 spiro atoms. The molecule has 1 unspecified atom stereocenters. The van der Waals surface area contributed by atoms with E-state index in [0.29, 0.717) is 30.9 Å². The molecule has 1 heterocycles. The lowest BCUT2D eigenvalue weighted by molar-refractivity contribution is -0.123. The quantitative estimate of drug-likeness (QED) is 0.855. The zero-order valence-corrected chi connectivity index (χ0v) is 9.48. The molecule has 1 atom stereocenters. The van der Waals surface area contributed by atoms with Gasteiger partial charge in [-0.05, 0) is 18.6 Å². The van der Waals surface area contributed by atoms with Crippen LogP contribution in [0.2, 0.25) is 0 Å². The monoisotopic (exact) mass is 230 g/mol. The first-order chi connectivity index (χ1) is 8.29. The number of nitrogens with zero attached hydrogens (tertiary/aromatic N) is 1. The van der Waals surface area contributed by atoms with E-state index in [1.54, 1.807) is 18.2 Å². The number of carbonyl (C=O) groups excluding carboxylic acids is 1. The summed E-state index contributed by atoms with van der Waals surface area (Å²) in [6.07, 6.45) is 1.44.